The first kappa shape index (κ1) is 32.3. The summed E-state index contributed by atoms with van der Waals surface area (Å²) in [5.74, 6) is 0.700. The molecule has 244 valence electrons. The molecule has 0 aromatic heterocycles. The number of carbonyl (C=O) groups excluding carboxylic acids is 1. The molecule has 48 heavy (non-hydrogen) atoms. The Morgan fingerprint density at radius 2 is 1.27 bits per heavy atom. The van der Waals surface area contributed by atoms with Crippen LogP contribution in [0.25, 0.3) is 11.1 Å². The molecule has 1 N–H and O–H groups in total. The monoisotopic (exact) mass is 644 g/mol. The summed E-state index contributed by atoms with van der Waals surface area (Å²) >= 11 is 0. The molecule has 0 radical (unpaired) electrons. The van der Waals surface area contributed by atoms with Crippen LogP contribution in [0.4, 0.5) is 0 Å². The smallest absolute Gasteiger partial charge is 0.306 e. The van der Waals surface area contributed by atoms with Gasteiger partial charge in [0.1, 0.15) is 36.1 Å². The summed E-state index contributed by atoms with van der Waals surface area (Å²) in [6.07, 6.45) is -0.410. The Morgan fingerprint density at radius 1 is 0.688 bits per heavy atom. The zero-order chi connectivity index (χ0) is 33.5. The van der Waals surface area contributed by atoms with Crippen molar-refractivity contribution in [3.05, 3.63) is 149 Å². The van der Waals surface area contributed by atoms with Crippen LogP contribution in [0, 0.1) is 0 Å². The second kappa shape index (κ2) is 14.4. The van der Waals surface area contributed by atoms with Gasteiger partial charge in [0.2, 0.25) is 0 Å². The number of methoxy groups -OCH3 is 2. The fourth-order valence-electron chi connectivity index (χ4n) is 5.98. The number of hydrogen-bond donors (Lipinski definition) is 1. The number of aliphatic carboxylic acids is 1. The molecule has 0 aliphatic carbocycles. The molecule has 6 rings (SSSR count). The summed E-state index contributed by atoms with van der Waals surface area (Å²) in [5.41, 5.74) is 6.67. The number of fused-ring (bicyclic) bond motifs is 3. The van der Waals surface area contributed by atoms with Crippen LogP contribution in [0.3, 0.4) is 0 Å². The molecular weight excluding hydrogens is 608 g/mol. The van der Waals surface area contributed by atoms with Gasteiger partial charge in [-0.05, 0) is 75.3 Å². The number of esters is 1. The van der Waals surface area contributed by atoms with E-state index in [1.54, 1.807) is 14.2 Å². The molecule has 8 nitrogen and oxygen atoms in total. The van der Waals surface area contributed by atoms with Crippen molar-refractivity contribution >= 4 is 11.9 Å². The molecular formula is C40H36O8. The third-order valence-corrected chi connectivity index (χ3v) is 8.46. The number of carboxylic acids is 1. The van der Waals surface area contributed by atoms with E-state index in [1.165, 1.54) is 0 Å². The van der Waals surface area contributed by atoms with Crippen LogP contribution in [0.5, 0.6) is 17.2 Å². The van der Waals surface area contributed by atoms with Crippen LogP contribution < -0.4 is 14.2 Å². The predicted octanol–water partition coefficient (Wildman–Crippen LogP) is 7.68. The van der Waals surface area contributed by atoms with E-state index in [0.29, 0.717) is 13.2 Å². The van der Waals surface area contributed by atoms with Crippen LogP contribution in [0.15, 0.2) is 115 Å². The third-order valence-electron chi connectivity index (χ3n) is 8.46. The Morgan fingerprint density at radius 3 is 1.88 bits per heavy atom. The Hall–Kier alpha value is -5.60. The molecule has 0 saturated heterocycles. The van der Waals surface area contributed by atoms with Gasteiger partial charge in [-0.15, -0.1) is 0 Å². The van der Waals surface area contributed by atoms with E-state index >= 15 is 0 Å². The van der Waals surface area contributed by atoms with E-state index in [4.69, 9.17) is 28.8 Å². The average molecular weight is 645 g/mol. The maximum atomic E-state index is 11.9. The second-order valence-electron chi connectivity index (χ2n) is 11.5. The third kappa shape index (κ3) is 6.89. The van der Waals surface area contributed by atoms with E-state index in [1.807, 2.05) is 103 Å². The lowest BCUT2D eigenvalue weighted by Gasteiger charge is -2.36. The number of carboxylic acid groups (broad SMARTS) is 1. The molecule has 1 aliphatic heterocycles. The minimum absolute atomic E-state index is 0.0699. The SMILES string of the molecule is COc1ccc(C(OCc2ccc3c(c2)OCc2cc(COC(=O)CCC(=O)O)ccc2-3)(c2ccccc2)c2ccc(OC)cc2)cc1. The van der Waals surface area contributed by atoms with Crippen molar-refractivity contribution in [2.45, 2.75) is 38.3 Å². The molecule has 0 fully saturated rings. The topological polar surface area (TPSA) is 101 Å². The molecule has 8 heteroatoms. The first-order chi connectivity index (χ1) is 23.4. The first-order valence-electron chi connectivity index (χ1n) is 15.6. The van der Waals surface area contributed by atoms with Crippen molar-refractivity contribution in [1.29, 1.82) is 0 Å². The Kier molecular flexibility index (Phi) is 9.73. The summed E-state index contributed by atoms with van der Waals surface area (Å²) in [7, 11) is 3.30. The van der Waals surface area contributed by atoms with Gasteiger partial charge in [0.15, 0.2) is 0 Å². The number of hydrogen-bond acceptors (Lipinski definition) is 7. The molecule has 1 aliphatic rings. The van der Waals surface area contributed by atoms with Gasteiger partial charge in [0, 0.05) is 5.56 Å². The normalized spacial score (nSPS) is 11.9. The van der Waals surface area contributed by atoms with Crippen molar-refractivity contribution in [3.8, 4) is 28.4 Å². The van der Waals surface area contributed by atoms with E-state index in [9.17, 15) is 9.59 Å². The van der Waals surface area contributed by atoms with E-state index in [2.05, 4.69) is 12.1 Å². The molecule has 0 saturated carbocycles. The molecule has 0 amide bonds. The van der Waals surface area contributed by atoms with Gasteiger partial charge in [-0.25, -0.2) is 0 Å². The van der Waals surface area contributed by atoms with Crippen molar-refractivity contribution in [2.24, 2.45) is 0 Å². The average Bonchev–Trinajstić information content (AvgIpc) is 3.14. The van der Waals surface area contributed by atoms with Crippen molar-refractivity contribution < 1.29 is 38.4 Å². The highest BCUT2D eigenvalue weighted by Crippen LogP contribution is 2.43. The Labute approximate surface area is 279 Å². The molecule has 0 spiro atoms. The number of rotatable bonds is 13. The van der Waals surface area contributed by atoms with Gasteiger partial charge < -0.3 is 28.8 Å². The van der Waals surface area contributed by atoms with Gasteiger partial charge in [0.25, 0.3) is 0 Å². The predicted molar refractivity (Wildman–Crippen MR) is 180 cm³/mol. The van der Waals surface area contributed by atoms with Gasteiger partial charge in [0.05, 0.1) is 33.7 Å². The number of carbonyl (C=O) groups is 2. The summed E-state index contributed by atoms with van der Waals surface area (Å²) < 4.78 is 29.5. The molecule has 1 heterocycles. The zero-order valence-electron chi connectivity index (χ0n) is 26.8. The van der Waals surface area contributed by atoms with Gasteiger partial charge in [-0.3, -0.25) is 9.59 Å². The van der Waals surface area contributed by atoms with E-state index in [0.717, 1.165) is 61.8 Å². The van der Waals surface area contributed by atoms with Crippen LogP contribution in [-0.4, -0.2) is 31.3 Å². The highest BCUT2D eigenvalue weighted by molar-refractivity contribution is 5.77. The van der Waals surface area contributed by atoms with Gasteiger partial charge in [-0.2, -0.15) is 0 Å². The summed E-state index contributed by atoms with van der Waals surface area (Å²) in [6, 6.07) is 38.1. The maximum Gasteiger partial charge on any atom is 0.306 e. The quantitative estimate of drug-likeness (QED) is 0.103. The van der Waals surface area contributed by atoms with Crippen molar-refractivity contribution in [3.63, 3.8) is 0 Å². The molecule has 5 aromatic rings. The molecule has 5 aromatic carbocycles. The lowest BCUT2D eigenvalue weighted by molar-refractivity contribution is -0.148. The van der Waals surface area contributed by atoms with Crippen LogP contribution in [0.2, 0.25) is 0 Å². The zero-order valence-corrected chi connectivity index (χ0v) is 26.8. The highest BCUT2D eigenvalue weighted by Gasteiger charge is 2.38. The van der Waals surface area contributed by atoms with Crippen LogP contribution >= 0.6 is 0 Å². The fourth-order valence-corrected chi connectivity index (χ4v) is 5.98. The molecule has 0 atom stereocenters. The summed E-state index contributed by atoms with van der Waals surface area (Å²) in [5, 5.41) is 8.78. The van der Waals surface area contributed by atoms with E-state index < -0.39 is 17.5 Å². The molecule has 0 bridgehead atoms. The molecule has 0 unspecified atom stereocenters. The lowest BCUT2D eigenvalue weighted by atomic mass is 9.80. The summed E-state index contributed by atoms with van der Waals surface area (Å²) in [6.45, 7) is 0.724. The largest absolute Gasteiger partial charge is 0.497 e. The lowest BCUT2D eigenvalue weighted by Crippen LogP contribution is -2.32. The van der Waals surface area contributed by atoms with Crippen molar-refractivity contribution in [2.75, 3.05) is 14.2 Å². The standard InChI is InChI=1S/C40H36O8/c1-44-33-14-10-31(11-15-33)40(30-6-4-3-5-7-30,32-12-16-34(45-2)17-13-32)48-25-28-9-19-36-35-18-8-27(22-29(35)26-46-37(36)23-28)24-47-39(43)21-20-38(41)42/h3-19,22-23H,20-21,24-26H2,1-2H3,(H,41,42). The fraction of sp³-hybridized carbons (Fsp3) is 0.200. The Balaban J connectivity index is 1.28. The summed E-state index contributed by atoms with van der Waals surface area (Å²) in [4.78, 5) is 22.6. The number of benzene rings is 5. The highest BCUT2D eigenvalue weighted by atomic mass is 16.5. The minimum Gasteiger partial charge on any atom is -0.497 e. The second-order valence-corrected chi connectivity index (χ2v) is 11.5. The van der Waals surface area contributed by atoms with Crippen LogP contribution in [0.1, 0.15) is 46.2 Å². The van der Waals surface area contributed by atoms with Gasteiger partial charge >= 0.3 is 11.9 Å². The number of ether oxygens (including phenoxy) is 5. The van der Waals surface area contributed by atoms with Gasteiger partial charge in [-0.1, -0.05) is 78.9 Å². The Bertz CT molecular complexity index is 1830. The first-order valence-corrected chi connectivity index (χ1v) is 15.6. The van der Waals surface area contributed by atoms with E-state index in [-0.39, 0.29) is 19.4 Å². The minimum atomic E-state index is -1.03. The maximum absolute atomic E-state index is 11.9. The van der Waals surface area contributed by atoms with Crippen molar-refractivity contribution in [1.82, 2.24) is 0 Å². The van der Waals surface area contributed by atoms with Crippen LogP contribution in [-0.2, 0) is 44.5 Å².